The average Bonchev–Trinajstić information content (AvgIpc) is 2.15. The maximum Gasteiger partial charge on any atom is 0.191 e. The topological polar surface area (TPSA) is 29.5 Å². The minimum Gasteiger partial charge on any atom is -0.417 e. The highest BCUT2D eigenvalue weighted by Gasteiger charge is 2.36. The van der Waals surface area contributed by atoms with Crippen molar-refractivity contribution in [2.75, 3.05) is 6.61 Å². The quantitative estimate of drug-likeness (QED) is 0.353. The van der Waals surface area contributed by atoms with Crippen LogP contribution in [0.5, 0.6) is 0 Å². The third kappa shape index (κ3) is 6.67. The van der Waals surface area contributed by atoms with E-state index < -0.39 is 14.4 Å². The summed E-state index contributed by atoms with van der Waals surface area (Å²) in [5, 5.41) is 9.60. The predicted molar refractivity (Wildman–Crippen MR) is 76.4 cm³/mol. The lowest BCUT2D eigenvalue weighted by atomic mass is 10.2. The van der Waals surface area contributed by atoms with Crippen LogP contribution < -0.4 is 0 Å². The summed E-state index contributed by atoms with van der Waals surface area (Å²) in [4.78, 5) is 0. The molecule has 2 nitrogen and oxygen atoms in total. The monoisotopic (exact) mass is 254 g/mol. The van der Waals surface area contributed by atoms with Gasteiger partial charge in [-0.2, -0.15) is 0 Å². The standard InChI is InChI=1S/C14H26O2Si/c1-7-10-13(15)11-8-9-12-16-17(5,6)14(2,3)4/h8,11,13,15H,9,12H2,1-6H3/b11-8-. The van der Waals surface area contributed by atoms with E-state index in [1.54, 1.807) is 13.0 Å². The van der Waals surface area contributed by atoms with Crippen molar-refractivity contribution in [2.24, 2.45) is 0 Å². The van der Waals surface area contributed by atoms with Gasteiger partial charge in [0, 0.05) is 6.61 Å². The third-order valence-corrected chi connectivity index (χ3v) is 7.70. The fourth-order valence-electron chi connectivity index (χ4n) is 1.02. The summed E-state index contributed by atoms with van der Waals surface area (Å²) in [6.45, 7) is 13.6. The molecule has 0 aliphatic heterocycles. The second-order valence-electron chi connectivity index (χ2n) is 5.66. The van der Waals surface area contributed by atoms with Crippen LogP contribution in [0.25, 0.3) is 0 Å². The highest BCUT2D eigenvalue weighted by Crippen LogP contribution is 2.36. The van der Waals surface area contributed by atoms with Crippen molar-refractivity contribution < 1.29 is 9.53 Å². The number of rotatable bonds is 5. The molecule has 1 atom stereocenters. The van der Waals surface area contributed by atoms with Crippen LogP contribution in [0, 0.1) is 11.8 Å². The number of aliphatic hydroxyl groups excluding tert-OH is 1. The number of aliphatic hydroxyl groups is 1. The van der Waals surface area contributed by atoms with Gasteiger partial charge in [0.2, 0.25) is 0 Å². The number of hydrogen-bond acceptors (Lipinski definition) is 2. The van der Waals surface area contributed by atoms with Crippen molar-refractivity contribution in [3.63, 3.8) is 0 Å². The van der Waals surface area contributed by atoms with Gasteiger partial charge in [-0.3, -0.25) is 0 Å². The summed E-state index contributed by atoms with van der Waals surface area (Å²) in [6.07, 6.45) is 3.83. The second-order valence-corrected chi connectivity index (χ2v) is 10.5. The van der Waals surface area contributed by atoms with Crippen molar-refractivity contribution in [2.45, 2.75) is 58.4 Å². The van der Waals surface area contributed by atoms with Crippen molar-refractivity contribution in [1.82, 2.24) is 0 Å². The van der Waals surface area contributed by atoms with Gasteiger partial charge in [-0.15, -0.1) is 5.92 Å². The summed E-state index contributed by atoms with van der Waals surface area (Å²) >= 11 is 0. The minimum absolute atomic E-state index is 0.254. The van der Waals surface area contributed by atoms with Crippen LogP contribution in [0.15, 0.2) is 12.2 Å². The molecule has 1 unspecified atom stereocenters. The fraction of sp³-hybridized carbons (Fsp3) is 0.714. The predicted octanol–water partition coefficient (Wildman–Crippen LogP) is 3.34. The van der Waals surface area contributed by atoms with E-state index in [9.17, 15) is 5.11 Å². The average molecular weight is 254 g/mol. The van der Waals surface area contributed by atoms with E-state index in [-0.39, 0.29) is 5.04 Å². The van der Waals surface area contributed by atoms with Crippen molar-refractivity contribution in [1.29, 1.82) is 0 Å². The Kier molecular flexibility index (Phi) is 6.77. The van der Waals surface area contributed by atoms with Crippen LogP contribution >= 0.6 is 0 Å². The van der Waals surface area contributed by atoms with Crippen LogP contribution in [-0.4, -0.2) is 26.1 Å². The summed E-state index contributed by atoms with van der Waals surface area (Å²) in [5.41, 5.74) is 0. The molecular formula is C14H26O2Si. The van der Waals surface area contributed by atoms with E-state index in [4.69, 9.17) is 4.43 Å². The van der Waals surface area contributed by atoms with E-state index in [0.717, 1.165) is 13.0 Å². The third-order valence-electron chi connectivity index (χ3n) is 3.16. The maximum absolute atomic E-state index is 9.35. The highest BCUT2D eigenvalue weighted by molar-refractivity contribution is 6.74. The van der Waals surface area contributed by atoms with Gasteiger partial charge in [0.1, 0.15) is 6.10 Å². The first-order valence-electron chi connectivity index (χ1n) is 6.11. The molecular weight excluding hydrogens is 228 g/mol. The molecule has 0 spiro atoms. The molecule has 17 heavy (non-hydrogen) atoms. The van der Waals surface area contributed by atoms with Crippen LogP contribution in [0.2, 0.25) is 18.1 Å². The van der Waals surface area contributed by atoms with Gasteiger partial charge >= 0.3 is 0 Å². The Morgan fingerprint density at radius 3 is 2.41 bits per heavy atom. The summed E-state index contributed by atoms with van der Waals surface area (Å²) in [5.74, 6) is 5.34. The van der Waals surface area contributed by atoms with Gasteiger partial charge in [0.25, 0.3) is 0 Å². The van der Waals surface area contributed by atoms with E-state index in [0.29, 0.717) is 0 Å². The molecule has 0 bridgehead atoms. The Hall–Kier alpha value is -0.563. The van der Waals surface area contributed by atoms with Crippen molar-refractivity contribution in [3.8, 4) is 11.8 Å². The molecule has 0 fully saturated rings. The zero-order valence-electron chi connectivity index (χ0n) is 12.0. The smallest absolute Gasteiger partial charge is 0.191 e. The molecule has 0 aliphatic carbocycles. The lowest BCUT2D eigenvalue weighted by Crippen LogP contribution is -2.40. The van der Waals surface area contributed by atoms with Crippen LogP contribution in [-0.2, 0) is 4.43 Å². The maximum atomic E-state index is 9.35. The Morgan fingerprint density at radius 2 is 1.94 bits per heavy atom. The molecule has 0 heterocycles. The van der Waals surface area contributed by atoms with E-state index in [1.807, 2.05) is 6.08 Å². The van der Waals surface area contributed by atoms with Gasteiger partial charge in [-0.1, -0.05) is 32.8 Å². The van der Waals surface area contributed by atoms with E-state index in [1.165, 1.54) is 0 Å². The molecule has 0 rings (SSSR count). The molecule has 98 valence electrons. The largest absolute Gasteiger partial charge is 0.417 e. The summed E-state index contributed by atoms with van der Waals surface area (Å²) < 4.78 is 6.01. The first-order chi connectivity index (χ1) is 7.70. The lowest BCUT2D eigenvalue weighted by molar-refractivity contribution is 0.277. The first-order valence-corrected chi connectivity index (χ1v) is 9.02. The fourth-order valence-corrected chi connectivity index (χ4v) is 2.08. The first kappa shape index (κ1) is 16.4. The molecule has 0 saturated carbocycles. The summed E-state index contributed by atoms with van der Waals surface area (Å²) in [7, 11) is -1.62. The molecule has 3 heteroatoms. The van der Waals surface area contributed by atoms with Gasteiger partial charge in [0.15, 0.2) is 8.32 Å². The SMILES string of the molecule is CC#CC(O)/C=C\CCO[Si](C)(C)C(C)(C)C. The Morgan fingerprint density at radius 1 is 1.35 bits per heavy atom. The lowest BCUT2D eigenvalue weighted by Gasteiger charge is -2.36. The van der Waals surface area contributed by atoms with Crippen LogP contribution in [0.4, 0.5) is 0 Å². The van der Waals surface area contributed by atoms with Gasteiger partial charge < -0.3 is 9.53 Å². The Bertz CT molecular complexity index is 302. The van der Waals surface area contributed by atoms with E-state index in [2.05, 4.69) is 45.7 Å². The molecule has 0 aromatic carbocycles. The van der Waals surface area contributed by atoms with Crippen molar-refractivity contribution in [3.05, 3.63) is 12.2 Å². The van der Waals surface area contributed by atoms with Gasteiger partial charge in [-0.05, 0) is 37.6 Å². The van der Waals surface area contributed by atoms with Crippen LogP contribution in [0.3, 0.4) is 0 Å². The summed E-state index contributed by atoms with van der Waals surface area (Å²) in [6, 6.07) is 0. The molecule has 0 aliphatic rings. The van der Waals surface area contributed by atoms with Crippen LogP contribution in [0.1, 0.15) is 34.1 Å². The zero-order valence-corrected chi connectivity index (χ0v) is 13.0. The molecule has 1 N–H and O–H groups in total. The Balaban J connectivity index is 3.96. The molecule has 0 amide bonds. The van der Waals surface area contributed by atoms with Crippen molar-refractivity contribution >= 4 is 8.32 Å². The van der Waals surface area contributed by atoms with Gasteiger partial charge in [0.05, 0.1) is 0 Å². The molecule has 0 aromatic rings. The molecule has 0 radical (unpaired) electrons. The minimum atomic E-state index is -1.62. The van der Waals surface area contributed by atoms with E-state index >= 15 is 0 Å². The molecule has 0 aromatic heterocycles. The highest BCUT2D eigenvalue weighted by atomic mass is 28.4. The Labute approximate surface area is 107 Å². The second kappa shape index (κ2) is 7.00. The van der Waals surface area contributed by atoms with Gasteiger partial charge in [-0.25, -0.2) is 0 Å². The zero-order chi connectivity index (χ0) is 13.5. The normalized spacial score (nSPS) is 14.5. The number of hydrogen-bond donors (Lipinski definition) is 1. The molecule has 0 saturated heterocycles.